The van der Waals surface area contributed by atoms with Gasteiger partial charge in [-0.2, -0.15) is 0 Å². The summed E-state index contributed by atoms with van der Waals surface area (Å²) in [5.41, 5.74) is 5.64. The number of hydrogen-bond donors (Lipinski definition) is 2. The molecule has 0 rings (SSSR count). The number of ketones is 1. The highest BCUT2D eigenvalue weighted by Crippen LogP contribution is 1.96. The quantitative estimate of drug-likeness (QED) is 0.398. The van der Waals surface area contributed by atoms with Gasteiger partial charge in [-0.15, -0.1) is 0 Å². The molecule has 0 heterocycles. The van der Waals surface area contributed by atoms with E-state index < -0.39 is 6.61 Å². The average Bonchev–Trinajstić information content (AvgIpc) is 2.21. The maximum absolute atomic E-state index is 10.7. The van der Waals surface area contributed by atoms with E-state index in [-0.39, 0.29) is 18.6 Å². The third kappa shape index (κ3) is 8.12. The zero-order chi connectivity index (χ0) is 10.8. The molecule has 0 spiro atoms. The molecule has 84 valence electrons. The number of Topliss-reactive ketones (excluding diaryl/α,β-unsaturated/α-hetero) is 1. The Morgan fingerprint density at radius 3 is 2.79 bits per heavy atom. The summed E-state index contributed by atoms with van der Waals surface area (Å²) >= 11 is 0. The number of ether oxygens (including phenoxy) is 2. The maximum atomic E-state index is 10.7. The molecule has 0 aliphatic carbocycles. The van der Waals surface area contributed by atoms with Crippen LogP contribution in [0.4, 0.5) is 0 Å². The Balaban J connectivity index is 3.27. The molecule has 0 saturated heterocycles. The SMILES string of the molecule is CCOCOCC(N)CCC(=O)CO. The van der Waals surface area contributed by atoms with E-state index in [2.05, 4.69) is 0 Å². The zero-order valence-corrected chi connectivity index (χ0v) is 8.57. The molecule has 0 aliphatic rings. The van der Waals surface area contributed by atoms with Crippen LogP contribution in [0, 0.1) is 0 Å². The van der Waals surface area contributed by atoms with Gasteiger partial charge in [0.1, 0.15) is 13.4 Å². The van der Waals surface area contributed by atoms with E-state index in [1.807, 2.05) is 6.92 Å². The van der Waals surface area contributed by atoms with Crippen molar-refractivity contribution in [2.24, 2.45) is 5.73 Å². The van der Waals surface area contributed by atoms with Gasteiger partial charge in [0.25, 0.3) is 0 Å². The highest BCUT2D eigenvalue weighted by atomic mass is 16.7. The first-order chi connectivity index (χ1) is 6.70. The van der Waals surface area contributed by atoms with Crippen molar-refractivity contribution in [3.8, 4) is 0 Å². The van der Waals surface area contributed by atoms with Crippen molar-refractivity contribution < 1.29 is 19.4 Å². The maximum Gasteiger partial charge on any atom is 0.158 e. The number of hydrogen-bond acceptors (Lipinski definition) is 5. The van der Waals surface area contributed by atoms with E-state index in [4.69, 9.17) is 20.3 Å². The molecule has 5 heteroatoms. The van der Waals surface area contributed by atoms with Gasteiger partial charge < -0.3 is 20.3 Å². The second-order valence-corrected chi connectivity index (χ2v) is 2.98. The smallest absolute Gasteiger partial charge is 0.158 e. The van der Waals surface area contributed by atoms with Crippen LogP contribution in [0.5, 0.6) is 0 Å². The lowest BCUT2D eigenvalue weighted by atomic mass is 10.1. The molecule has 0 bridgehead atoms. The first-order valence-electron chi connectivity index (χ1n) is 4.74. The van der Waals surface area contributed by atoms with Gasteiger partial charge in [0.2, 0.25) is 0 Å². The standard InChI is InChI=1S/C9H19NO4/c1-2-13-7-14-6-8(10)3-4-9(12)5-11/h8,11H,2-7,10H2,1H3. The fraction of sp³-hybridized carbons (Fsp3) is 0.889. The van der Waals surface area contributed by atoms with Crippen LogP contribution in [0.15, 0.2) is 0 Å². The molecule has 3 N–H and O–H groups in total. The summed E-state index contributed by atoms with van der Waals surface area (Å²) < 4.78 is 10.0. The van der Waals surface area contributed by atoms with Crippen LogP contribution < -0.4 is 5.73 Å². The summed E-state index contributed by atoms with van der Waals surface area (Å²) in [5, 5.41) is 8.45. The van der Waals surface area contributed by atoms with Crippen LogP contribution in [0.25, 0.3) is 0 Å². The van der Waals surface area contributed by atoms with Gasteiger partial charge in [-0.05, 0) is 13.3 Å². The third-order valence-corrected chi connectivity index (χ3v) is 1.67. The fourth-order valence-corrected chi connectivity index (χ4v) is 0.851. The highest BCUT2D eigenvalue weighted by Gasteiger charge is 2.06. The lowest BCUT2D eigenvalue weighted by molar-refractivity contribution is -0.122. The van der Waals surface area contributed by atoms with E-state index >= 15 is 0 Å². The van der Waals surface area contributed by atoms with Crippen molar-refractivity contribution in [1.82, 2.24) is 0 Å². The van der Waals surface area contributed by atoms with Crippen molar-refractivity contribution in [2.45, 2.75) is 25.8 Å². The number of aliphatic hydroxyl groups is 1. The monoisotopic (exact) mass is 205 g/mol. The second-order valence-electron chi connectivity index (χ2n) is 2.98. The molecule has 0 aliphatic heterocycles. The fourth-order valence-electron chi connectivity index (χ4n) is 0.851. The minimum Gasteiger partial charge on any atom is -0.389 e. The lowest BCUT2D eigenvalue weighted by Gasteiger charge is -2.10. The summed E-state index contributed by atoms with van der Waals surface area (Å²) in [6, 6.07) is -0.175. The summed E-state index contributed by atoms with van der Waals surface area (Å²) in [6.07, 6.45) is 0.835. The average molecular weight is 205 g/mol. The molecule has 0 aromatic carbocycles. The van der Waals surface area contributed by atoms with Crippen LogP contribution >= 0.6 is 0 Å². The van der Waals surface area contributed by atoms with Crippen LogP contribution in [0.3, 0.4) is 0 Å². The van der Waals surface area contributed by atoms with Crippen molar-refractivity contribution in [1.29, 1.82) is 0 Å². The number of carbonyl (C=O) groups is 1. The lowest BCUT2D eigenvalue weighted by Crippen LogP contribution is -2.27. The Kier molecular flexibility index (Phi) is 8.76. The summed E-state index contributed by atoms with van der Waals surface area (Å²) in [4.78, 5) is 10.7. The molecule has 1 atom stereocenters. The van der Waals surface area contributed by atoms with E-state index in [1.54, 1.807) is 0 Å². The molecule has 5 nitrogen and oxygen atoms in total. The summed E-state index contributed by atoms with van der Waals surface area (Å²) in [5.74, 6) is -0.190. The van der Waals surface area contributed by atoms with Crippen molar-refractivity contribution in [3.05, 3.63) is 0 Å². The number of nitrogens with two attached hydrogens (primary N) is 1. The first kappa shape index (κ1) is 13.5. The number of rotatable bonds is 9. The molecule has 0 aromatic rings. The number of aliphatic hydroxyl groups excluding tert-OH is 1. The summed E-state index contributed by atoms with van der Waals surface area (Å²) in [6.45, 7) is 2.69. The normalized spacial score (nSPS) is 12.8. The summed E-state index contributed by atoms with van der Waals surface area (Å²) in [7, 11) is 0. The largest absolute Gasteiger partial charge is 0.389 e. The van der Waals surface area contributed by atoms with Gasteiger partial charge >= 0.3 is 0 Å². The Bertz CT molecular complexity index is 152. The Labute approximate surface area is 84.2 Å². The third-order valence-electron chi connectivity index (χ3n) is 1.67. The van der Waals surface area contributed by atoms with Gasteiger partial charge in [-0.3, -0.25) is 4.79 Å². The van der Waals surface area contributed by atoms with E-state index in [0.717, 1.165) is 0 Å². The topological polar surface area (TPSA) is 81.8 Å². The Morgan fingerprint density at radius 2 is 2.21 bits per heavy atom. The van der Waals surface area contributed by atoms with Gasteiger partial charge in [0, 0.05) is 19.1 Å². The number of carbonyl (C=O) groups excluding carboxylic acids is 1. The Morgan fingerprint density at radius 1 is 1.50 bits per heavy atom. The van der Waals surface area contributed by atoms with Crippen LogP contribution in [0.2, 0.25) is 0 Å². The molecule has 0 aromatic heterocycles. The van der Waals surface area contributed by atoms with E-state index in [0.29, 0.717) is 26.1 Å². The van der Waals surface area contributed by atoms with E-state index in [1.165, 1.54) is 0 Å². The van der Waals surface area contributed by atoms with Gasteiger partial charge in [0.05, 0.1) is 6.61 Å². The van der Waals surface area contributed by atoms with Crippen molar-refractivity contribution >= 4 is 5.78 Å². The van der Waals surface area contributed by atoms with E-state index in [9.17, 15) is 4.79 Å². The molecule has 14 heavy (non-hydrogen) atoms. The van der Waals surface area contributed by atoms with Gasteiger partial charge in [-0.25, -0.2) is 0 Å². The van der Waals surface area contributed by atoms with Crippen LogP contribution in [0.1, 0.15) is 19.8 Å². The van der Waals surface area contributed by atoms with Crippen LogP contribution in [-0.2, 0) is 14.3 Å². The predicted octanol–water partition coefficient (Wildman–Crippen LogP) is -0.334. The minimum absolute atomic E-state index is 0.175. The van der Waals surface area contributed by atoms with Gasteiger partial charge in [0.15, 0.2) is 5.78 Å². The first-order valence-corrected chi connectivity index (χ1v) is 4.74. The second kappa shape index (κ2) is 9.08. The zero-order valence-electron chi connectivity index (χ0n) is 8.57. The molecule has 1 unspecified atom stereocenters. The minimum atomic E-state index is -0.410. The predicted molar refractivity (Wildman–Crippen MR) is 51.7 cm³/mol. The molecule has 0 fully saturated rings. The van der Waals surface area contributed by atoms with Gasteiger partial charge in [-0.1, -0.05) is 0 Å². The molecule has 0 saturated carbocycles. The van der Waals surface area contributed by atoms with Crippen LogP contribution in [-0.4, -0.2) is 43.5 Å². The molecule has 0 radical (unpaired) electrons. The molecule has 0 amide bonds. The molecular weight excluding hydrogens is 186 g/mol. The van der Waals surface area contributed by atoms with Crippen molar-refractivity contribution in [3.63, 3.8) is 0 Å². The van der Waals surface area contributed by atoms with Crippen molar-refractivity contribution in [2.75, 3.05) is 26.6 Å². The highest BCUT2D eigenvalue weighted by molar-refractivity contribution is 5.79. The Hall–Kier alpha value is -0.490. The molecular formula is C9H19NO4.